The van der Waals surface area contributed by atoms with Crippen LogP contribution in [0, 0.1) is 13.8 Å². The molecule has 0 saturated heterocycles. The van der Waals surface area contributed by atoms with Crippen LogP contribution in [0.15, 0.2) is 51.7 Å². The zero-order valence-corrected chi connectivity index (χ0v) is 12.0. The van der Waals surface area contributed by atoms with Crippen LogP contribution in [0.1, 0.15) is 22.3 Å². The van der Waals surface area contributed by atoms with E-state index in [2.05, 4.69) is 0 Å². The van der Waals surface area contributed by atoms with E-state index in [-0.39, 0.29) is 11.4 Å². The Hall–Kier alpha value is -2.55. The van der Waals surface area contributed by atoms with E-state index < -0.39 is 0 Å². The molecular weight excluding hydrogens is 264 g/mol. The van der Waals surface area contributed by atoms with Crippen LogP contribution in [-0.4, -0.2) is 5.11 Å². The molecule has 3 heteroatoms. The smallest absolute Gasteiger partial charge is 0.340 e. The summed E-state index contributed by atoms with van der Waals surface area (Å²) in [5.41, 5.74) is 3.37. The van der Waals surface area contributed by atoms with Gasteiger partial charge in [0.05, 0.1) is 5.39 Å². The summed E-state index contributed by atoms with van der Waals surface area (Å²) < 4.78 is 5.39. The number of hydrogen-bond donors (Lipinski definition) is 1. The fraction of sp³-hybridized carbons (Fsp3) is 0.167. The topological polar surface area (TPSA) is 50.4 Å². The van der Waals surface area contributed by atoms with E-state index in [1.165, 1.54) is 0 Å². The first-order valence-electron chi connectivity index (χ1n) is 6.86. The quantitative estimate of drug-likeness (QED) is 0.728. The van der Waals surface area contributed by atoms with Gasteiger partial charge in [-0.3, -0.25) is 0 Å². The fourth-order valence-electron chi connectivity index (χ4n) is 2.66. The Morgan fingerprint density at radius 2 is 1.81 bits per heavy atom. The molecule has 1 N–H and O–H groups in total. The van der Waals surface area contributed by atoms with Crippen molar-refractivity contribution in [1.82, 2.24) is 0 Å². The first-order chi connectivity index (χ1) is 10.1. The van der Waals surface area contributed by atoms with Gasteiger partial charge in [0.25, 0.3) is 0 Å². The minimum Gasteiger partial charge on any atom is -0.507 e. The Morgan fingerprint density at radius 1 is 1.10 bits per heavy atom. The van der Waals surface area contributed by atoms with E-state index in [9.17, 15) is 9.90 Å². The summed E-state index contributed by atoms with van der Waals surface area (Å²) in [6, 6.07) is 13.2. The lowest BCUT2D eigenvalue weighted by molar-refractivity contribution is 0.477. The molecule has 2 aromatic carbocycles. The van der Waals surface area contributed by atoms with Gasteiger partial charge < -0.3 is 9.52 Å². The van der Waals surface area contributed by atoms with Crippen molar-refractivity contribution in [2.75, 3.05) is 0 Å². The second-order valence-electron chi connectivity index (χ2n) is 5.31. The van der Waals surface area contributed by atoms with Crippen LogP contribution in [0.4, 0.5) is 0 Å². The monoisotopic (exact) mass is 280 g/mol. The van der Waals surface area contributed by atoms with Gasteiger partial charge in [0, 0.05) is 12.0 Å². The summed E-state index contributed by atoms with van der Waals surface area (Å²) in [7, 11) is 0. The van der Waals surface area contributed by atoms with E-state index in [4.69, 9.17) is 4.42 Å². The molecule has 0 amide bonds. The van der Waals surface area contributed by atoms with Crippen molar-refractivity contribution >= 4 is 11.0 Å². The van der Waals surface area contributed by atoms with Gasteiger partial charge in [-0.1, -0.05) is 30.3 Å². The van der Waals surface area contributed by atoms with Gasteiger partial charge in [0.2, 0.25) is 0 Å². The van der Waals surface area contributed by atoms with Crippen molar-refractivity contribution in [3.63, 3.8) is 0 Å². The summed E-state index contributed by atoms with van der Waals surface area (Å²) in [5, 5.41) is 10.8. The minimum atomic E-state index is -0.339. The summed E-state index contributed by atoms with van der Waals surface area (Å²) in [4.78, 5) is 12.2. The van der Waals surface area contributed by atoms with E-state index in [1.807, 2.05) is 44.2 Å². The highest BCUT2D eigenvalue weighted by atomic mass is 16.4. The van der Waals surface area contributed by atoms with Crippen molar-refractivity contribution in [3.8, 4) is 5.75 Å². The molecule has 0 radical (unpaired) electrons. The van der Waals surface area contributed by atoms with E-state index in [1.54, 1.807) is 12.1 Å². The molecule has 1 heterocycles. The average molecular weight is 280 g/mol. The molecule has 106 valence electrons. The maximum absolute atomic E-state index is 12.2. The molecule has 0 unspecified atom stereocenters. The molecular formula is C18H16O3. The highest BCUT2D eigenvalue weighted by Crippen LogP contribution is 2.30. The van der Waals surface area contributed by atoms with Crippen LogP contribution in [0.25, 0.3) is 11.0 Å². The highest BCUT2D eigenvalue weighted by molar-refractivity contribution is 5.87. The van der Waals surface area contributed by atoms with Crippen molar-refractivity contribution in [2.24, 2.45) is 0 Å². The third-order valence-corrected chi connectivity index (χ3v) is 3.73. The molecule has 3 rings (SSSR count). The minimum absolute atomic E-state index is 0.153. The van der Waals surface area contributed by atoms with Gasteiger partial charge in [-0.25, -0.2) is 4.79 Å². The van der Waals surface area contributed by atoms with Crippen LogP contribution in [0.5, 0.6) is 5.75 Å². The third kappa shape index (κ3) is 2.42. The molecule has 0 spiro atoms. The van der Waals surface area contributed by atoms with Crippen molar-refractivity contribution in [2.45, 2.75) is 20.3 Å². The first-order valence-corrected chi connectivity index (χ1v) is 6.86. The molecule has 0 aliphatic rings. The second kappa shape index (κ2) is 5.09. The Kier molecular flexibility index (Phi) is 3.26. The van der Waals surface area contributed by atoms with Gasteiger partial charge in [-0.15, -0.1) is 0 Å². The predicted octanol–water partition coefficient (Wildman–Crippen LogP) is 3.71. The number of rotatable bonds is 2. The molecule has 0 fully saturated rings. The zero-order chi connectivity index (χ0) is 15.0. The number of fused-ring (bicyclic) bond motifs is 1. The Bertz CT molecular complexity index is 861. The zero-order valence-electron chi connectivity index (χ0n) is 12.0. The van der Waals surface area contributed by atoms with Crippen molar-refractivity contribution in [3.05, 3.63) is 75.1 Å². The number of phenols is 1. The molecule has 0 atom stereocenters. The van der Waals surface area contributed by atoms with Gasteiger partial charge in [0.1, 0.15) is 11.3 Å². The van der Waals surface area contributed by atoms with Crippen LogP contribution in [-0.2, 0) is 6.42 Å². The predicted molar refractivity (Wildman–Crippen MR) is 82.9 cm³/mol. The summed E-state index contributed by atoms with van der Waals surface area (Å²) >= 11 is 0. The Balaban J connectivity index is 2.22. The van der Waals surface area contributed by atoms with E-state index in [0.717, 1.165) is 16.7 Å². The van der Waals surface area contributed by atoms with Gasteiger partial charge in [-0.05, 0) is 42.7 Å². The summed E-state index contributed by atoms with van der Waals surface area (Å²) in [5.74, 6) is 0.153. The molecule has 0 saturated carbocycles. The number of aryl methyl sites for hydroxylation is 2. The molecule has 0 aliphatic carbocycles. The number of benzene rings is 2. The SMILES string of the molecule is Cc1cc(O)c2c(C)c(Cc3ccccc3)c(=O)oc2c1. The fourth-order valence-corrected chi connectivity index (χ4v) is 2.66. The van der Waals surface area contributed by atoms with Crippen molar-refractivity contribution < 1.29 is 9.52 Å². The Morgan fingerprint density at radius 3 is 2.52 bits per heavy atom. The van der Waals surface area contributed by atoms with Gasteiger partial charge in [-0.2, -0.15) is 0 Å². The summed E-state index contributed by atoms with van der Waals surface area (Å²) in [6.45, 7) is 3.71. The number of phenolic OH excluding ortho intramolecular Hbond substituents is 1. The van der Waals surface area contributed by atoms with Gasteiger partial charge in [0.15, 0.2) is 0 Å². The number of aromatic hydroxyl groups is 1. The third-order valence-electron chi connectivity index (χ3n) is 3.73. The highest BCUT2D eigenvalue weighted by Gasteiger charge is 2.15. The van der Waals surface area contributed by atoms with Gasteiger partial charge >= 0.3 is 5.63 Å². The second-order valence-corrected chi connectivity index (χ2v) is 5.31. The molecule has 21 heavy (non-hydrogen) atoms. The lowest BCUT2D eigenvalue weighted by atomic mass is 9.98. The molecule has 1 aromatic heterocycles. The normalized spacial score (nSPS) is 11.0. The first kappa shape index (κ1) is 13.4. The maximum atomic E-state index is 12.2. The van der Waals surface area contributed by atoms with Crippen LogP contribution < -0.4 is 5.63 Å². The molecule has 0 aliphatic heterocycles. The van der Waals surface area contributed by atoms with Crippen molar-refractivity contribution in [1.29, 1.82) is 0 Å². The lowest BCUT2D eigenvalue weighted by Gasteiger charge is -2.10. The standard InChI is InChI=1S/C18H16O3/c1-11-8-15(19)17-12(2)14(18(20)21-16(17)9-11)10-13-6-4-3-5-7-13/h3-9,19H,10H2,1-2H3. The Labute approximate surface area is 122 Å². The van der Waals surface area contributed by atoms with Crippen LogP contribution >= 0.6 is 0 Å². The van der Waals surface area contributed by atoms with E-state index in [0.29, 0.717) is 23.0 Å². The average Bonchev–Trinajstić information content (AvgIpc) is 2.43. The number of hydrogen-bond acceptors (Lipinski definition) is 3. The largest absolute Gasteiger partial charge is 0.507 e. The van der Waals surface area contributed by atoms with E-state index >= 15 is 0 Å². The maximum Gasteiger partial charge on any atom is 0.340 e. The molecule has 0 bridgehead atoms. The molecule has 3 aromatic rings. The van der Waals surface area contributed by atoms with Crippen LogP contribution in [0.3, 0.4) is 0 Å². The van der Waals surface area contributed by atoms with Crippen LogP contribution in [0.2, 0.25) is 0 Å². The molecule has 3 nitrogen and oxygen atoms in total. The lowest BCUT2D eigenvalue weighted by Crippen LogP contribution is -2.11. The summed E-state index contributed by atoms with van der Waals surface area (Å²) in [6.07, 6.45) is 0.498.